The molecule has 0 bridgehead atoms. The van der Waals surface area contributed by atoms with E-state index in [1.54, 1.807) is 55.6 Å². The summed E-state index contributed by atoms with van der Waals surface area (Å²) in [6.07, 6.45) is 7.84. The monoisotopic (exact) mass is 917 g/mol. The molecule has 3 aromatic rings. The Morgan fingerprint density at radius 1 is 0.896 bits per heavy atom. The highest BCUT2D eigenvalue weighted by molar-refractivity contribution is 6.25. The lowest BCUT2D eigenvalue weighted by atomic mass is 9.91. The van der Waals surface area contributed by atoms with Crippen LogP contribution in [0.3, 0.4) is 0 Å². The minimum Gasteiger partial charge on any atom is -0.495 e. The van der Waals surface area contributed by atoms with Crippen molar-refractivity contribution in [2.75, 3.05) is 86.5 Å². The summed E-state index contributed by atoms with van der Waals surface area (Å²) in [7, 11) is 3.32. The van der Waals surface area contributed by atoms with Gasteiger partial charge in [0.05, 0.1) is 41.2 Å². The highest BCUT2D eigenvalue weighted by Crippen LogP contribution is 2.41. The number of benzene rings is 2. The molecule has 4 fully saturated rings. The van der Waals surface area contributed by atoms with Gasteiger partial charge in [-0.25, -0.2) is 4.98 Å². The van der Waals surface area contributed by atoms with Crippen LogP contribution >= 0.6 is 0 Å². The summed E-state index contributed by atoms with van der Waals surface area (Å²) < 4.78 is 5.72. The number of piperidine rings is 2. The predicted molar refractivity (Wildman–Crippen MR) is 249 cm³/mol. The highest BCUT2D eigenvalue weighted by atomic mass is 16.5. The van der Waals surface area contributed by atoms with Crippen molar-refractivity contribution in [2.24, 2.45) is 5.41 Å². The van der Waals surface area contributed by atoms with E-state index in [-0.39, 0.29) is 47.7 Å². The predicted octanol–water partition coefficient (Wildman–Crippen LogP) is 3.31. The minimum absolute atomic E-state index is 0.0212. The lowest BCUT2D eigenvalue weighted by Crippen LogP contribution is -2.54. The molecule has 7 amide bonds. The number of amides is 7. The van der Waals surface area contributed by atoms with E-state index in [1.807, 2.05) is 24.8 Å². The summed E-state index contributed by atoms with van der Waals surface area (Å²) >= 11 is 0. The molecular formula is C48H59N11O8. The Morgan fingerprint density at radius 2 is 1.64 bits per heavy atom. The van der Waals surface area contributed by atoms with Gasteiger partial charge in [0.1, 0.15) is 17.5 Å². The maximum atomic E-state index is 13.6. The van der Waals surface area contributed by atoms with Gasteiger partial charge in [0, 0.05) is 89.9 Å². The molecule has 3 N–H and O–H groups in total. The number of carbonyl (C=O) groups excluding carboxylic acids is 7. The quantitative estimate of drug-likeness (QED) is 0.236. The van der Waals surface area contributed by atoms with Crippen molar-refractivity contribution in [3.8, 4) is 5.75 Å². The van der Waals surface area contributed by atoms with E-state index in [4.69, 9.17) is 9.72 Å². The molecule has 3 saturated heterocycles. The number of aromatic nitrogens is 2. The zero-order chi connectivity index (χ0) is 47.1. The normalized spacial score (nSPS) is 21.6. The van der Waals surface area contributed by atoms with Gasteiger partial charge >= 0.3 is 0 Å². The SMILES string of the molecule is COc1cc(C(=O)NC2CCN(C(=O)CCN3CCN(c4cccc5c4C(=O)N(C4CCC(=O)NC4=O)C5=O)CC3)CC2)ccc1Nc1ncc2c(n1)N(C1CCCC1)CC(C)(C)C(=O)N2C. The second-order valence-electron chi connectivity index (χ2n) is 19.1. The fourth-order valence-electron chi connectivity index (χ4n) is 10.5. The van der Waals surface area contributed by atoms with Gasteiger partial charge < -0.3 is 35.0 Å². The number of nitrogens with one attached hydrogen (secondary N) is 3. The first-order valence-electron chi connectivity index (χ1n) is 23.5. The zero-order valence-corrected chi connectivity index (χ0v) is 38.6. The molecule has 19 heteroatoms. The third kappa shape index (κ3) is 9.00. The topological polar surface area (TPSA) is 210 Å². The molecular weight excluding hydrogens is 859 g/mol. The molecule has 0 spiro atoms. The zero-order valence-electron chi connectivity index (χ0n) is 38.6. The van der Waals surface area contributed by atoms with Crippen LogP contribution in [0.4, 0.5) is 28.8 Å². The third-order valence-corrected chi connectivity index (χ3v) is 14.3. The van der Waals surface area contributed by atoms with E-state index in [9.17, 15) is 33.6 Å². The number of methoxy groups -OCH3 is 1. The van der Waals surface area contributed by atoms with Gasteiger partial charge in [0.15, 0.2) is 5.82 Å². The molecule has 354 valence electrons. The van der Waals surface area contributed by atoms with E-state index >= 15 is 0 Å². The van der Waals surface area contributed by atoms with Gasteiger partial charge in [-0.15, -0.1) is 0 Å². The Bertz CT molecular complexity index is 2490. The van der Waals surface area contributed by atoms with Gasteiger partial charge in [-0.1, -0.05) is 18.9 Å². The molecule has 1 aromatic heterocycles. The number of hydrogen-bond acceptors (Lipinski definition) is 14. The van der Waals surface area contributed by atoms with Crippen molar-refractivity contribution < 1.29 is 38.3 Å². The Balaban J connectivity index is 0.745. The smallest absolute Gasteiger partial charge is 0.264 e. The van der Waals surface area contributed by atoms with E-state index < -0.39 is 35.1 Å². The summed E-state index contributed by atoms with van der Waals surface area (Å²) in [6, 6.07) is 9.50. The van der Waals surface area contributed by atoms with E-state index in [2.05, 4.69) is 35.6 Å². The lowest BCUT2D eigenvalue weighted by Gasteiger charge is -2.37. The molecule has 1 aliphatic carbocycles. The molecule has 67 heavy (non-hydrogen) atoms. The number of piperazine rings is 1. The summed E-state index contributed by atoms with van der Waals surface area (Å²) in [6.45, 7) is 8.66. The molecule has 1 atom stereocenters. The van der Waals surface area contributed by atoms with Crippen molar-refractivity contribution in [3.63, 3.8) is 0 Å². The summed E-state index contributed by atoms with van der Waals surface area (Å²) in [5.41, 5.74) is 2.27. The first kappa shape index (κ1) is 45.5. The lowest BCUT2D eigenvalue weighted by molar-refractivity contribution is -0.136. The fraction of sp³-hybridized carbons (Fsp3) is 0.521. The second kappa shape index (κ2) is 18.6. The van der Waals surface area contributed by atoms with Gasteiger partial charge in [-0.05, 0) is 76.3 Å². The largest absolute Gasteiger partial charge is 0.495 e. The number of imide groups is 2. The molecule has 0 radical (unpaired) electrons. The molecule has 2 aromatic carbocycles. The number of ether oxygens (including phenoxy) is 1. The number of hydrogen-bond donors (Lipinski definition) is 3. The molecule has 1 unspecified atom stereocenters. The second-order valence-corrected chi connectivity index (χ2v) is 19.1. The van der Waals surface area contributed by atoms with Crippen LogP contribution in [-0.2, 0) is 19.2 Å². The van der Waals surface area contributed by atoms with Crippen LogP contribution in [0, 0.1) is 5.41 Å². The van der Waals surface area contributed by atoms with E-state index in [0.29, 0.717) is 112 Å². The van der Waals surface area contributed by atoms with Crippen molar-refractivity contribution in [3.05, 3.63) is 59.3 Å². The Labute approximate surface area is 389 Å². The van der Waals surface area contributed by atoms with Crippen LogP contribution in [0.1, 0.15) is 103 Å². The number of fused-ring (bicyclic) bond motifs is 2. The van der Waals surface area contributed by atoms with Crippen molar-refractivity contribution in [1.29, 1.82) is 0 Å². The average molecular weight is 918 g/mol. The van der Waals surface area contributed by atoms with Gasteiger partial charge in [0.25, 0.3) is 17.7 Å². The maximum absolute atomic E-state index is 13.6. The highest BCUT2D eigenvalue weighted by Gasteiger charge is 2.46. The first-order valence-corrected chi connectivity index (χ1v) is 23.5. The molecule has 6 heterocycles. The standard InChI is InChI=1S/C48H59N11O8/c1-48(2)28-58(31-8-5-6-9-31)41-36(54(3)46(48)66)27-49-47(53-41)51-33-13-12-29(26-37(33)67-4)42(62)50-30-16-20-57(21-17-30)39(61)18-19-55-22-24-56(25-23-55)34-11-7-10-32-40(34)45(65)59(44(32)64)35-14-15-38(60)52-43(35)63/h7,10-13,26-27,30-31,35H,5-6,8-9,14-25,28H2,1-4H3,(H,50,62)(H,49,51,53)(H,52,60,63). The Morgan fingerprint density at radius 3 is 2.36 bits per heavy atom. The average Bonchev–Trinajstić information content (AvgIpc) is 3.94. The van der Waals surface area contributed by atoms with Crippen LogP contribution < -0.4 is 35.4 Å². The minimum atomic E-state index is -1.02. The number of nitrogens with zero attached hydrogens (tertiary/aromatic N) is 8. The molecule has 5 aliphatic heterocycles. The summed E-state index contributed by atoms with van der Waals surface area (Å²) in [5, 5.41) is 8.67. The Hall–Kier alpha value is -6.63. The number of likely N-dealkylation sites (tertiary alicyclic amines) is 1. The summed E-state index contributed by atoms with van der Waals surface area (Å²) in [5.74, 6) is -0.740. The molecule has 9 rings (SSSR count). The van der Waals surface area contributed by atoms with E-state index in [0.717, 1.165) is 36.4 Å². The van der Waals surface area contributed by atoms with Crippen LogP contribution in [-0.4, -0.2) is 151 Å². The number of carbonyl (C=O) groups is 7. The van der Waals surface area contributed by atoms with Crippen LogP contribution in [0.2, 0.25) is 0 Å². The van der Waals surface area contributed by atoms with Crippen LogP contribution in [0.5, 0.6) is 5.75 Å². The Kier molecular flexibility index (Phi) is 12.6. The maximum Gasteiger partial charge on any atom is 0.264 e. The van der Waals surface area contributed by atoms with Gasteiger partial charge in [-0.3, -0.25) is 48.7 Å². The van der Waals surface area contributed by atoms with Crippen molar-refractivity contribution >= 4 is 70.2 Å². The first-order chi connectivity index (χ1) is 32.2. The summed E-state index contributed by atoms with van der Waals surface area (Å²) in [4.78, 5) is 112. The van der Waals surface area contributed by atoms with Gasteiger partial charge in [0.2, 0.25) is 29.6 Å². The van der Waals surface area contributed by atoms with Crippen molar-refractivity contribution in [2.45, 2.75) is 89.8 Å². The molecule has 6 aliphatic rings. The fourth-order valence-corrected chi connectivity index (χ4v) is 10.5. The molecule has 19 nitrogen and oxygen atoms in total. The van der Waals surface area contributed by atoms with Gasteiger partial charge in [-0.2, -0.15) is 4.98 Å². The van der Waals surface area contributed by atoms with Crippen molar-refractivity contribution in [1.82, 2.24) is 35.3 Å². The van der Waals surface area contributed by atoms with Crippen LogP contribution in [0.15, 0.2) is 42.6 Å². The van der Waals surface area contributed by atoms with E-state index in [1.165, 1.54) is 0 Å². The third-order valence-electron chi connectivity index (χ3n) is 14.3. The van der Waals surface area contributed by atoms with Crippen LogP contribution in [0.25, 0.3) is 0 Å². The number of anilines is 5. The molecule has 1 saturated carbocycles. The number of rotatable bonds is 11.